The first-order chi connectivity index (χ1) is 13.2. The van der Waals surface area contributed by atoms with Crippen molar-refractivity contribution in [2.45, 2.75) is 25.9 Å². The molecule has 0 saturated heterocycles. The van der Waals surface area contributed by atoms with E-state index in [2.05, 4.69) is 16.3 Å². The fourth-order valence-electron chi connectivity index (χ4n) is 3.15. The molecule has 142 valence electrons. The quantitative estimate of drug-likeness (QED) is 0.769. The van der Waals surface area contributed by atoms with E-state index in [1.54, 1.807) is 14.2 Å². The highest BCUT2D eigenvalue weighted by molar-refractivity contribution is 5.60. The van der Waals surface area contributed by atoms with E-state index in [4.69, 9.17) is 24.7 Å². The molecule has 8 nitrogen and oxygen atoms in total. The number of hydrogen-bond donors (Lipinski definition) is 2. The zero-order valence-corrected chi connectivity index (χ0v) is 15.5. The number of nitrogens with one attached hydrogen (secondary N) is 1. The maximum atomic E-state index is 9.77. The Morgan fingerprint density at radius 1 is 1.37 bits per heavy atom. The Labute approximate surface area is 157 Å². The summed E-state index contributed by atoms with van der Waals surface area (Å²) >= 11 is 0. The molecule has 0 amide bonds. The summed E-state index contributed by atoms with van der Waals surface area (Å²) in [4.78, 5) is 0. The standard InChI is InChI=1S/C19H22N4O4/c1-4-8-26-17-11(6-5-7-14(17)25-3)15-12(9-20)18(21)27-19-16(15)13(10-24-2)22-23-19/h5-7,15H,4,8,10,21H2,1-3H3,(H,22,23). The van der Waals surface area contributed by atoms with Crippen LogP contribution in [0, 0.1) is 11.3 Å². The van der Waals surface area contributed by atoms with E-state index in [1.807, 2.05) is 25.1 Å². The van der Waals surface area contributed by atoms with E-state index in [0.717, 1.165) is 12.0 Å². The van der Waals surface area contributed by atoms with Crippen molar-refractivity contribution in [3.05, 3.63) is 46.5 Å². The van der Waals surface area contributed by atoms with Gasteiger partial charge in [0.1, 0.15) is 11.6 Å². The Morgan fingerprint density at radius 2 is 2.19 bits per heavy atom. The van der Waals surface area contributed by atoms with Gasteiger partial charge in [0.15, 0.2) is 11.5 Å². The van der Waals surface area contributed by atoms with Crippen molar-refractivity contribution in [2.75, 3.05) is 20.8 Å². The summed E-state index contributed by atoms with van der Waals surface area (Å²) < 4.78 is 22.3. The molecular formula is C19H22N4O4. The van der Waals surface area contributed by atoms with Crippen LogP contribution in [0.1, 0.15) is 36.1 Å². The molecule has 0 fully saturated rings. The molecule has 3 N–H and O–H groups in total. The van der Waals surface area contributed by atoms with Crippen LogP contribution in [0.4, 0.5) is 0 Å². The van der Waals surface area contributed by atoms with Crippen LogP contribution in [0.2, 0.25) is 0 Å². The third-order valence-electron chi connectivity index (χ3n) is 4.30. The number of H-pyrrole nitrogens is 1. The molecule has 1 unspecified atom stereocenters. The zero-order valence-electron chi connectivity index (χ0n) is 15.5. The van der Waals surface area contributed by atoms with Crippen LogP contribution >= 0.6 is 0 Å². The van der Waals surface area contributed by atoms with Crippen LogP contribution in [-0.2, 0) is 11.3 Å². The SMILES string of the molecule is CCCOc1c(OC)cccc1C1C(C#N)=C(N)Oc2n[nH]c(COC)c21. The van der Waals surface area contributed by atoms with Gasteiger partial charge in [0.25, 0.3) is 0 Å². The minimum atomic E-state index is -0.510. The number of aromatic nitrogens is 2. The minimum Gasteiger partial charge on any atom is -0.493 e. The number of benzene rings is 1. The normalized spacial score (nSPS) is 15.7. The van der Waals surface area contributed by atoms with E-state index in [9.17, 15) is 5.26 Å². The molecule has 0 spiro atoms. The summed E-state index contributed by atoms with van der Waals surface area (Å²) in [6.07, 6.45) is 0.834. The Morgan fingerprint density at radius 3 is 2.85 bits per heavy atom. The van der Waals surface area contributed by atoms with Gasteiger partial charge in [0.05, 0.1) is 37.5 Å². The van der Waals surface area contributed by atoms with Crippen molar-refractivity contribution >= 4 is 0 Å². The lowest BCUT2D eigenvalue weighted by Gasteiger charge is -2.26. The third kappa shape index (κ3) is 3.29. The zero-order chi connectivity index (χ0) is 19.4. The fourth-order valence-corrected chi connectivity index (χ4v) is 3.15. The summed E-state index contributed by atoms with van der Waals surface area (Å²) in [6.45, 7) is 2.82. The summed E-state index contributed by atoms with van der Waals surface area (Å²) in [6, 6.07) is 7.73. The van der Waals surface area contributed by atoms with Crippen molar-refractivity contribution in [1.29, 1.82) is 5.26 Å². The Hall–Kier alpha value is -3.18. The Balaban J connectivity index is 2.23. The molecule has 1 aliphatic rings. The number of nitriles is 1. The molecule has 1 aliphatic heterocycles. The van der Waals surface area contributed by atoms with E-state index < -0.39 is 5.92 Å². The molecule has 27 heavy (non-hydrogen) atoms. The number of methoxy groups -OCH3 is 2. The second-order valence-electron chi connectivity index (χ2n) is 6.01. The highest BCUT2D eigenvalue weighted by Crippen LogP contribution is 2.47. The molecule has 0 aliphatic carbocycles. The van der Waals surface area contributed by atoms with Gasteiger partial charge in [0, 0.05) is 12.7 Å². The van der Waals surface area contributed by atoms with Crippen molar-refractivity contribution < 1.29 is 18.9 Å². The number of rotatable bonds is 7. The predicted molar refractivity (Wildman–Crippen MR) is 97.4 cm³/mol. The summed E-state index contributed by atoms with van der Waals surface area (Å²) in [5.74, 6) is 0.999. The van der Waals surface area contributed by atoms with Crippen molar-refractivity contribution in [3.63, 3.8) is 0 Å². The van der Waals surface area contributed by atoms with Gasteiger partial charge in [-0.3, -0.25) is 5.10 Å². The average molecular weight is 370 g/mol. The molecular weight excluding hydrogens is 348 g/mol. The van der Waals surface area contributed by atoms with Crippen LogP contribution in [0.3, 0.4) is 0 Å². The van der Waals surface area contributed by atoms with E-state index in [-0.39, 0.29) is 18.1 Å². The largest absolute Gasteiger partial charge is 0.493 e. The van der Waals surface area contributed by atoms with Gasteiger partial charge in [-0.15, -0.1) is 5.10 Å². The Bertz CT molecular complexity index is 898. The highest BCUT2D eigenvalue weighted by Gasteiger charge is 2.37. The smallest absolute Gasteiger partial charge is 0.244 e. The van der Waals surface area contributed by atoms with E-state index in [0.29, 0.717) is 35.2 Å². The number of aromatic amines is 1. The topological polar surface area (TPSA) is 115 Å². The van der Waals surface area contributed by atoms with Gasteiger partial charge >= 0.3 is 0 Å². The molecule has 1 atom stereocenters. The number of nitrogens with zero attached hydrogens (tertiary/aromatic N) is 2. The van der Waals surface area contributed by atoms with Crippen LogP contribution in [-0.4, -0.2) is 31.0 Å². The van der Waals surface area contributed by atoms with Gasteiger partial charge in [-0.05, 0) is 12.5 Å². The van der Waals surface area contributed by atoms with Gasteiger partial charge in [0.2, 0.25) is 11.8 Å². The number of allylic oxidation sites excluding steroid dienone is 1. The molecule has 0 radical (unpaired) electrons. The van der Waals surface area contributed by atoms with Crippen molar-refractivity contribution in [3.8, 4) is 23.4 Å². The van der Waals surface area contributed by atoms with Gasteiger partial charge in [-0.1, -0.05) is 19.1 Å². The van der Waals surface area contributed by atoms with E-state index >= 15 is 0 Å². The first-order valence-corrected chi connectivity index (χ1v) is 8.59. The number of hydrogen-bond acceptors (Lipinski definition) is 7. The summed E-state index contributed by atoms with van der Waals surface area (Å²) in [7, 11) is 3.17. The lowest BCUT2D eigenvalue weighted by Crippen LogP contribution is -2.22. The second-order valence-corrected chi connectivity index (χ2v) is 6.01. The second kappa shape index (κ2) is 8.01. The van der Waals surface area contributed by atoms with Crippen LogP contribution in [0.15, 0.2) is 29.7 Å². The maximum absolute atomic E-state index is 9.77. The molecule has 2 heterocycles. The van der Waals surface area contributed by atoms with Crippen LogP contribution in [0.5, 0.6) is 17.4 Å². The number of nitrogens with two attached hydrogens (primary N) is 1. The molecule has 0 bridgehead atoms. The number of para-hydroxylation sites is 1. The number of fused-ring (bicyclic) bond motifs is 1. The van der Waals surface area contributed by atoms with Gasteiger partial charge in [-0.2, -0.15) is 5.26 Å². The number of ether oxygens (including phenoxy) is 4. The van der Waals surface area contributed by atoms with Gasteiger partial charge < -0.3 is 24.7 Å². The highest BCUT2D eigenvalue weighted by atomic mass is 16.5. The third-order valence-corrected chi connectivity index (χ3v) is 4.30. The molecule has 8 heteroatoms. The first-order valence-electron chi connectivity index (χ1n) is 8.59. The summed E-state index contributed by atoms with van der Waals surface area (Å²) in [5.41, 5.74) is 8.47. The summed E-state index contributed by atoms with van der Waals surface area (Å²) in [5, 5.41) is 16.9. The van der Waals surface area contributed by atoms with Crippen molar-refractivity contribution in [1.82, 2.24) is 10.2 Å². The molecule has 1 aromatic carbocycles. The fraction of sp³-hybridized carbons (Fsp3) is 0.368. The maximum Gasteiger partial charge on any atom is 0.244 e. The molecule has 0 saturated carbocycles. The lowest BCUT2D eigenvalue weighted by atomic mass is 9.83. The van der Waals surface area contributed by atoms with Crippen LogP contribution < -0.4 is 19.9 Å². The lowest BCUT2D eigenvalue weighted by molar-refractivity contribution is 0.180. The minimum absolute atomic E-state index is 0.0229. The van der Waals surface area contributed by atoms with Crippen LogP contribution in [0.25, 0.3) is 0 Å². The van der Waals surface area contributed by atoms with Crippen molar-refractivity contribution in [2.24, 2.45) is 5.73 Å². The van der Waals surface area contributed by atoms with Gasteiger partial charge in [-0.25, -0.2) is 0 Å². The molecule has 3 rings (SSSR count). The Kier molecular flexibility index (Phi) is 5.52. The first kappa shape index (κ1) is 18.6. The molecule has 1 aromatic heterocycles. The average Bonchev–Trinajstić information content (AvgIpc) is 3.07. The molecule has 2 aromatic rings. The monoisotopic (exact) mass is 370 g/mol. The van der Waals surface area contributed by atoms with E-state index in [1.165, 1.54) is 0 Å². The predicted octanol–water partition coefficient (Wildman–Crippen LogP) is 2.57.